The first-order valence-corrected chi connectivity index (χ1v) is 11.6. The molecule has 8 nitrogen and oxygen atoms in total. The number of carbonyl (C=O) groups is 2. The van der Waals surface area contributed by atoms with E-state index in [2.05, 4.69) is 19.8 Å². The molecule has 0 saturated carbocycles. The molecule has 2 aliphatic heterocycles. The van der Waals surface area contributed by atoms with Crippen molar-refractivity contribution in [3.8, 4) is 0 Å². The normalized spacial score (nSPS) is 17.1. The van der Waals surface area contributed by atoms with Crippen LogP contribution in [0.25, 0.3) is 12.2 Å². The molecule has 0 atom stereocenters. The highest BCUT2D eigenvalue weighted by molar-refractivity contribution is 6.13. The second-order valence-corrected chi connectivity index (χ2v) is 8.29. The van der Waals surface area contributed by atoms with Gasteiger partial charge in [0.25, 0.3) is 0 Å². The molecule has 0 aliphatic carbocycles. The van der Waals surface area contributed by atoms with Gasteiger partial charge >= 0.3 is 0 Å². The molecule has 2 aliphatic rings. The van der Waals surface area contributed by atoms with E-state index in [0.29, 0.717) is 26.4 Å². The fraction of sp³-hybridized carbons (Fsp3) is 0.385. The Labute approximate surface area is 199 Å². The van der Waals surface area contributed by atoms with Crippen LogP contribution in [0.3, 0.4) is 0 Å². The third-order valence-corrected chi connectivity index (χ3v) is 5.95. The number of hydrogen-bond donors (Lipinski definition) is 0. The molecule has 4 heterocycles. The minimum absolute atomic E-state index is 0.243. The summed E-state index contributed by atoms with van der Waals surface area (Å²) in [5.41, 5.74) is 1.62. The van der Waals surface area contributed by atoms with Gasteiger partial charge in [-0.3, -0.25) is 9.59 Å². The lowest BCUT2D eigenvalue weighted by atomic mass is 9.99. The number of pyridine rings is 2. The smallest absolute Gasteiger partial charge is 0.166 e. The summed E-state index contributed by atoms with van der Waals surface area (Å²) < 4.78 is 10.7. The van der Waals surface area contributed by atoms with Crippen LogP contribution >= 0.6 is 0 Å². The fourth-order valence-corrected chi connectivity index (χ4v) is 3.74. The largest absolute Gasteiger partial charge is 0.378 e. The van der Waals surface area contributed by atoms with Crippen molar-refractivity contribution < 1.29 is 19.1 Å². The minimum Gasteiger partial charge on any atom is -0.378 e. The van der Waals surface area contributed by atoms with Gasteiger partial charge in [-0.25, -0.2) is 9.97 Å². The zero-order valence-corrected chi connectivity index (χ0v) is 19.4. The molecule has 0 bridgehead atoms. The molecule has 34 heavy (non-hydrogen) atoms. The highest BCUT2D eigenvalue weighted by Crippen LogP contribution is 2.16. The summed E-state index contributed by atoms with van der Waals surface area (Å²) >= 11 is 0. The molecule has 2 saturated heterocycles. The lowest BCUT2D eigenvalue weighted by molar-refractivity contribution is -0.126. The van der Waals surface area contributed by atoms with Crippen molar-refractivity contribution in [3.63, 3.8) is 0 Å². The lowest BCUT2D eigenvalue weighted by Gasteiger charge is -2.27. The van der Waals surface area contributed by atoms with E-state index in [1.165, 1.54) is 12.2 Å². The van der Waals surface area contributed by atoms with Gasteiger partial charge in [-0.2, -0.15) is 0 Å². The predicted octanol–water partition coefficient (Wildman–Crippen LogP) is 2.65. The van der Waals surface area contributed by atoms with E-state index in [-0.39, 0.29) is 11.6 Å². The van der Waals surface area contributed by atoms with E-state index in [0.717, 1.165) is 48.9 Å². The zero-order valence-electron chi connectivity index (χ0n) is 19.4. The Balaban J connectivity index is 1.29. The molecule has 178 valence electrons. The first kappa shape index (κ1) is 23.8. The number of aromatic nitrogens is 2. The van der Waals surface area contributed by atoms with Gasteiger partial charge < -0.3 is 19.3 Å². The third kappa shape index (κ3) is 6.36. The average Bonchev–Trinajstić information content (AvgIpc) is 2.91. The maximum absolute atomic E-state index is 12.5. The van der Waals surface area contributed by atoms with E-state index in [1.807, 2.05) is 24.3 Å². The van der Waals surface area contributed by atoms with Crippen LogP contribution < -0.4 is 9.80 Å². The summed E-state index contributed by atoms with van der Waals surface area (Å²) in [4.78, 5) is 38.3. The van der Waals surface area contributed by atoms with E-state index in [1.54, 1.807) is 31.5 Å². The summed E-state index contributed by atoms with van der Waals surface area (Å²) in [6, 6.07) is 7.71. The Kier molecular flexibility index (Phi) is 8.17. The van der Waals surface area contributed by atoms with Gasteiger partial charge in [-0.15, -0.1) is 0 Å². The predicted molar refractivity (Wildman–Crippen MR) is 132 cm³/mol. The highest BCUT2D eigenvalue weighted by Gasteiger charge is 2.17. The Morgan fingerprint density at radius 2 is 1.18 bits per heavy atom. The van der Waals surface area contributed by atoms with Crippen molar-refractivity contribution in [1.29, 1.82) is 0 Å². The monoisotopic (exact) mass is 462 g/mol. The highest BCUT2D eigenvalue weighted by atomic mass is 16.5. The number of morpholine rings is 2. The van der Waals surface area contributed by atoms with E-state index < -0.39 is 5.92 Å². The van der Waals surface area contributed by atoms with Crippen molar-refractivity contribution in [2.75, 3.05) is 62.4 Å². The SMILES string of the molecule is CC(C(=O)/C=C/c1ccc(N2CCOCC2)nc1)C(=O)/C=C/c1ccc(N2CCOCC2)nc1. The standard InChI is InChI=1S/C26H30N4O4/c1-20(23(31)6-2-21-4-8-25(27-18-21)29-10-14-33-15-11-29)24(32)7-3-22-5-9-26(28-19-22)30-12-16-34-17-13-30/h2-9,18-20H,10-17H2,1H3/b6-2+,7-3+. The molecule has 0 aromatic carbocycles. The molecule has 0 spiro atoms. The number of anilines is 2. The third-order valence-electron chi connectivity index (χ3n) is 5.95. The Bertz CT molecular complexity index is 938. The van der Waals surface area contributed by atoms with Crippen LogP contribution in [-0.2, 0) is 19.1 Å². The second-order valence-electron chi connectivity index (χ2n) is 8.29. The number of hydrogen-bond acceptors (Lipinski definition) is 8. The van der Waals surface area contributed by atoms with Gasteiger partial charge in [0.15, 0.2) is 11.6 Å². The number of allylic oxidation sites excluding steroid dienone is 2. The van der Waals surface area contributed by atoms with E-state index in [9.17, 15) is 9.59 Å². The van der Waals surface area contributed by atoms with Gasteiger partial charge in [0.2, 0.25) is 0 Å². The number of nitrogens with zero attached hydrogens (tertiary/aromatic N) is 4. The van der Waals surface area contributed by atoms with Crippen LogP contribution in [0.5, 0.6) is 0 Å². The van der Waals surface area contributed by atoms with Gasteiger partial charge in [0.05, 0.1) is 32.3 Å². The molecule has 8 heteroatoms. The summed E-state index contributed by atoms with van der Waals surface area (Å²) in [5, 5.41) is 0. The second kappa shape index (κ2) is 11.7. The molecule has 0 amide bonds. The molecular formula is C26H30N4O4. The van der Waals surface area contributed by atoms with Crippen molar-refractivity contribution in [3.05, 3.63) is 59.9 Å². The number of rotatable bonds is 8. The van der Waals surface area contributed by atoms with Crippen LogP contribution in [0.4, 0.5) is 11.6 Å². The Morgan fingerprint density at radius 1 is 0.765 bits per heavy atom. The Hall–Kier alpha value is -3.36. The zero-order chi connectivity index (χ0) is 23.8. The van der Waals surface area contributed by atoms with Gasteiger partial charge in [0.1, 0.15) is 11.6 Å². The van der Waals surface area contributed by atoms with Gasteiger partial charge in [-0.05, 0) is 66.6 Å². The summed E-state index contributed by atoms with van der Waals surface area (Å²) in [7, 11) is 0. The maximum atomic E-state index is 12.5. The van der Waals surface area contributed by atoms with Gasteiger partial charge in [0, 0.05) is 38.6 Å². The minimum atomic E-state index is -0.756. The van der Waals surface area contributed by atoms with Gasteiger partial charge in [-0.1, -0.05) is 0 Å². The number of ketones is 2. The van der Waals surface area contributed by atoms with Crippen molar-refractivity contribution in [1.82, 2.24) is 9.97 Å². The molecule has 0 unspecified atom stereocenters. The van der Waals surface area contributed by atoms with Crippen molar-refractivity contribution >= 4 is 35.4 Å². The van der Waals surface area contributed by atoms with Crippen LogP contribution in [0.15, 0.2) is 48.8 Å². The van der Waals surface area contributed by atoms with E-state index in [4.69, 9.17) is 9.47 Å². The van der Waals surface area contributed by atoms with Crippen LogP contribution in [0.2, 0.25) is 0 Å². The van der Waals surface area contributed by atoms with Crippen molar-refractivity contribution in [2.45, 2.75) is 6.92 Å². The molecule has 0 radical (unpaired) electrons. The number of ether oxygens (including phenoxy) is 2. The Morgan fingerprint density at radius 3 is 1.53 bits per heavy atom. The molecular weight excluding hydrogens is 432 g/mol. The molecule has 0 N–H and O–H groups in total. The van der Waals surface area contributed by atoms with Crippen LogP contribution in [-0.4, -0.2) is 74.1 Å². The van der Waals surface area contributed by atoms with Crippen LogP contribution in [0, 0.1) is 5.92 Å². The summed E-state index contributed by atoms with van der Waals surface area (Å²) in [6.07, 6.45) is 9.74. The summed E-state index contributed by atoms with van der Waals surface area (Å²) in [6.45, 7) is 7.72. The number of carbonyl (C=O) groups excluding carboxylic acids is 2. The lowest BCUT2D eigenvalue weighted by Crippen LogP contribution is -2.36. The first-order chi connectivity index (χ1) is 16.6. The molecule has 2 aromatic heterocycles. The molecule has 4 rings (SSSR count). The van der Waals surface area contributed by atoms with E-state index >= 15 is 0 Å². The first-order valence-electron chi connectivity index (χ1n) is 11.6. The average molecular weight is 463 g/mol. The van der Waals surface area contributed by atoms with Crippen molar-refractivity contribution in [2.24, 2.45) is 5.92 Å². The molecule has 2 aromatic rings. The quantitative estimate of drug-likeness (QED) is 0.437. The topological polar surface area (TPSA) is 84.9 Å². The maximum Gasteiger partial charge on any atom is 0.166 e. The van der Waals surface area contributed by atoms with Crippen LogP contribution in [0.1, 0.15) is 18.1 Å². The molecule has 2 fully saturated rings. The summed E-state index contributed by atoms with van der Waals surface area (Å²) in [5.74, 6) is 0.551. The fourth-order valence-electron chi connectivity index (χ4n) is 3.74.